The molecule has 2 radical (unpaired) electrons. The van der Waals surface area contributed by atoms with Crippen molar-refractivity contribution in [2.75, 3.05) is 0 Å². The normalized spacial score (nSPS) is 0.500. The van der Waals surface area contributed by atoms with E-state index in [2.05, 4.69) is 0 Å². The summed E-state index contributed by atoms with van der Waals surface area (Å²) in [5, 5.41) is 0. The first-order chi connectivity index (χ1) is 1.00. The average Bonchev–Trinajstić information content (AvgIpc) is 1.00. The fourth-order valence-corrected chi connectivity index (χ4v) is 0. The topological polar surface area (TPSA) is 17.1 Å². The van der Waals surface area contributed by atoms with Gasteiger partial charge in [-0.25, -0.2) is 0 Å². The Hall–Kier alpha value is 2.63. The van der Waals surface area contributed by atoms with Crippen LogP contribution in [0.15, 0.2) is 0 Å². The van der Waals surface area contributed by atoms with Crippen LogP contribution in [-0.2, 0) is 74.1 Å². The van der Waals surface area contributed by atoms with Crippen LogP contribution in [0.3, 0.4) is 0 Å². The first-order valence-corrected chi connectivity index (χ1v) is 0.842. The molecule has 0 saturated heterocycles. The molecule has 0 aromatic carbocycles. The van der Waals surface area contributed by atoms with Crippen LogP contribution in [0.1, 0.15) is 0 Å². The van der Waals surface area contributed by atoms with Gasteiger partial charge in [0, 0.05) is 50.3 Å². The van der Waals surface area contributed by atoms with Crippen molar-refractivity contribution in [1.29, 1.82) is 0 Å². The molecule has 0 atom stereocenters. The Kier molecular flexibility index (Phi) is 308. The van der Waals surface area contributed by atoms with E-state index in [4.69, 9.17) is 3.32 Å². The summed E-state index contributed by atoms with van der Waals surface area (Å²) in [4.78, 5) is 0. The van der Waals surface area contributed by atoms with Crippen LogP contribution < -0.4 is 0 Å². The molecule has 0 aliphatic heterocycles. The van der Waals surface area contributed by atoms with Crippen LogP contribution in [0, 0.1) is 0 Å². The zero-order chi connectivity index (χ0) is 2.00. The molecule has 6 heteroatoms. The summed E-state index contributed by atoms with van der Waals surface area (Å²) in [6.07, 6.45) is 0. The molecule has 1 nitrogen and oxygen atoms in total. The van der Waals surface area contributed by atoms with Gasteiger partial charge in [0.25, 0.3) is 0 Å². The summed E-state index contributed by atoms with van der Waals surface area (Å²) in [6.45, 7) is 0. The minimum absolute atomic E-state index is 0. The molecule has 0 N–H and O–H groups in total. The van der Waals surface area contributed by atoms with Gasteiger partial charge in [-0.15, -0.1) is 0 Å². The maximum absolute atomic E-state index is 8.25. The molecular weight excluding hydrogens is 243 g/mol. The van der Waals surface area contributed by atoms with Crippen molar-refractivity contribution in [3.05, 3.63) is 0 Å². The SMILES string of the molecule is [Co].[LiH].[Mn].[Ni].[O]=[Ti]. The molecule has 0 aliphatic rings. The molecule has 0 aromatic rings. The van der Waals surface area contributed by atoms with Gasteiger partial charge in [0.1, 0.15) is 0 Å². The monoisotopic (exact) mass is 244 g/mol. The number of hydrogen-bond donors (Lipinski definition) is 0. The van der Waals surface area contributed by atoms with Gasteiger partial charge >= 0.3 is 42.6 Å². The van der Waals surface area contributed by atoms with Crippen LogP contribution in [0.2, 0.25) is 0 Å². The Bertz CT molecular complexity index is 15.5. The summed E-state index contributed by atoms with van der Waals surface area (Å²) in [6, 6.07) is 0. The van der Waals surface area contributed by atoms with Crippen LogP contribution >= 0.6 is 0 Å². The summed E-state index contributed by atoms with van der Waals surface area (Å²) in [5.74, 6) is 0. The molecular formula is HCoLiMnNiOTi. The van der Waals surface area contributed by atoms with Gasteiger partial charge in [-0.05, 0) is 0 Å². The van der Waals surface area contributed by atoms with E-state index in [1.807, 2.05) is 0 Å². The van der Waals surface area contributed by atoms with Crippen molar-refractivity contribution >= 4 is 18.9 Å². The van der Waals surface area contributed by atoms with Crippen molar-refractivity contribution in [3.8, 4) is 0 Å². The summed E-state index contributed by atoms with van der Waals surface area (Å²) in [5.41, 5.74) is 0. The first-order valence-electron chi connectivity index (χ1n) is 0.204. The molecule has 6 heavy (non-hydrogen) atoms. The van der Waals surface area contributed by atoms with Gasteiger partial charge in [-0.3, -0.25) is 0 Å². The zero-order valence-electron chi connectivity index (χ0n) is 1.94. The van der Waals surface area contributed by atoms with Gasteiger partial charge in [-0.2, -0.15) is 0 Å². The summed E-state index contributed by atoms with van der Waals surface area (Å²) >= 11 is 0.750. The molecule has 0 unspecified atom stereocenters. The Morgan fingerprint density at radius 2 is 1.17 bits per heavy atom. The zero-order valence-corrected chi connectivity index (χ0v) is 6.71. The van der Waals surface area contributed by atoms with E-state index in [0.717, 1.165) is 20.4 Å². The molecule has 0 bridgehead atoms. The second-order valence-electron chi connectivity index (χ2n) is 0. The summed E-state index contributed by atoms with van der Waals surface area (Å²) in [7, 11) is 0. The maximum atomic E-state index is 8.25. The molecule has 0 amide bonds. The van der Waals surface area contributed by atoms with Gasteiger partial charge in [-0.1, -0.05) is 0 Å². The van der Waals surface area contributed by atoms with E-state index in [9.17, 15) is 0 Å². The molecule has 38 valence electrons. The van der Waals surface area contributed by atoms with E-state index in [1.165, 1.54) is 0 Å². The molecule has 0 rings (SSSR count). The fourth-order valence-electron chi connectivity index (χ4n) is 0. The Morgan fingerprint density at radius 3 is 1.17 bits per heavy atom. The van der Waals surface area contributed by atoms with Gasteiger partial charge in [0.2, 0.25) is 0 Å². The van der Waals surface area contributed by atoms with Gasteiger partial charge < -0.3 is 0 Å². The second-order valence-corrected chi connectivity index (χ2v) is 0. The van der Waals surface area contributed by atoms with Crippen molar-refractivity contribution in [2.24, 2.45) is 0 Å². The van der Waals surface area contributed by atoms with Crippen LogP contribution in [0.25, 0.3) is 0 Å². The predicted octanol–water partition coefficient (Wildman–Crippen LogP) is -0.777. The van der Waals surface area contributed by atoms with Crippen LogP contribution in [0.4, 0.5) is 0 Å². The van der Waals surface area contributed by atoms with E-state index < -0.39 is 0 Å². The molecule has 0 fully saturated rings. The molecule has 0 heterocycles. The fraction of sp³-hybridized carbons (Fsp3) is 0. The van der Waals surface area contributed by atoms with Crippen molar-refractivity contribution < 1.29 is 74.1 Å². The van der Waals surface area contributed by atoms with E-state index in [-0.39, 0.29) is 69.2 Å². The van der Waals surface area contributed by atoms with E-state index in [1.54, 1.807) is 0 Å². The molecule has 0 aromatic heterocycles. The van der Waals surface area contributed by atoms with E-state index >= 15 is 0 Å². The number of hydrogen-bond acceptors (Lipinski definition) is 1. The van der Waals surface area contributed by atoms with Crippen molar-refractivity contribution in [1.82, 2.24) is 0 Å². The predicted molar refractivity (Wildman–Crippen MR) is 7.84 cm³/mol. The first kappa shape index (κ1) is 38.1. The third-order valence-corrected chi connectivity index (χ3v) is 0. The molecule has 0 saturated carbocycles. The van der Waals surface area contributed by atoms with Crippen molar-refractivity contribution in [3.63, 3.8) is 0 Å². The van der Waals surface area contributed by atoms with Crippen LogP contribution in [-0.4, -0.2) is 18.9 Å². The van der Waals surface area contributed by atoms with Gasteiger partial charge in [0.15, 0.2) is 0 Å². The summed E-state index contributed by atoms with van der Waals surface area (Å²) < 4.78 is 8.25. The Labute approximate surface area is 91.7 Å². The quantitative estimate of drug-likeness (QED) is 0.511. The molecule has 0 spiro atoms. The minimum atomic E-state index is 0. The molecule has 0 aliphatic carbocycles. The Morgan fingerprint density at radius 1 is 1.17 bits per heavy atom. The Balaban J connectivity index is -0.000000000833. The van der Waals surface area contributed by atoms with Gasteiger partial charge in [0.05, 0.1) is 0 Å². The average molecular weight is 244 g/mol. The second kappa shape index (κ2) is 48.5. The van der Waals surface area contributed by atoms with E-state index in [0.29, 0.717) is 0 Å². The third-order valence-electron chi connectivity index (χ3n) is 0. The van der Waals surface area contributed by atoms with Crippen molar-refractivity contribution in [2.45, 2.75) is 0 Å². The third kappa shape index (κ3) is 30.4. The number of rotatable bonds is 0. The van der Waals surface area contributed by atoms with Crippen LogP contribution in [0.5, 0.6) is 0 Å². The standard InChI is InChI=1S/Co.Li.Mn.Ni.O.Ti.H.